The Labute approximate surface area is 200 Å². The molecule has 1 atom stereocenters. The zero-order valence-corrected chi connectivity index (χ0v) is 20.5. The van der Waals surface area contributed by atoms with Gasteiger partial charge in [-0.1, -0.05) is 41.0 Å². The molecule has 0 aliphatic rings. The lowest BCUT2D eigenvalue weighted by Crippen LogP contribution is -2.45. The standard InChI is InChI=1S/C21H25Cl2NO7S/c1-12(25)32-9-8-17(27)24-15(10-18(28)31-21(2,3)4)16(26)11-30-20(29)19-13(22)6-5-7-14(19)23/h5-7,15H,8-11H2,1-4H3,(H,24,27)/t15-/m0/s1. The first-order valence-corrected chi connectivity index (χ1v) is 11.3. The average Bonchev–Trinajstić information content (AvgIpc) is 2.63. The molecule has 0 heterocycles. The van der Waals surface area contributed by atoms with Crippen LogP contribution in [-0.2, 0) is 28.7 Å². The summed E-state index contributed by atoms with van der Waals surface area (Å²) in [4.78, 5) is 60.3. The molecule has 0 radical (unpaired) electrons. The van der Waals surface area contributed by atoms with Crippen LogP contribution in [0.1, 0.15) is 50.9 Å². The number of hydrogen-bond donors (Lipinski definition) is 1. The van der Waals surface area contributed by atoms with Crippen molar-refractivity contribution in [2.75, 3.05) is 12.4 Å². The lowest BCUT2D eigenvalue weighted by molar-refractivity contribution is -0.156. The Morgan fingerprint density at radius 1 is 1.09 bits per heavy atom. The Morgan fingerprint density at radius 3 is 2.22 bits per heavy atom. The molecule has 1 rings (SSSR count). The fraction of sp³-hybridized carbons (Fsp3) is 0.476. The first-order chi connectivity index (χ1) is 14.8. The van der Waals surface area contributed by atoms with E-state index in [9.17, 15) is 24.0 Å². The number of Topliss-reactive ketones (excluding diaryl/α,β-unsaturated/α-hetero) is 1. The maximum atomic E-state index is 12.6. The molecule has 1 N–H and O–H groups in total. The normalized spacial score (nSPS) is 11.9. The van der Waals surface area contributed by atoms with E-state index in [1.807, 2.05) is 0 Å². The molecule has 0 unspecified atom stereocenters. The number of hydrogen-bond acceptors (Lipinski definition) is 8. The lowest BCUT2D eigenvalue weighted by atomic mass is 10.1. The van der Waals surface area contributed by atoms with Gasteiger partial charge in [0.25, 0.3) is 0 Å². The van der Waals surface area contributed by atoms with Gasteiger partial charge >= 0.3 is 11.9 Å². The van der Waals surface area contributed by atoms with Crippen LogP contribution in [0.25, 0.3) is 0 Å². The Balaban J connectivity index is 2.83. The van der Waals surface area contributed by atoms with Gasteiger partial charge in [0.1, 0.15) is 11.6 Å². The van der Waals surface area contributed by atoms with Crippen molar-refractivity contribution in [3.05, 3.63) is 33.8 Å². The molecule has 0 saturated heterocycles. The van der Waals surface area contributed by atoms with Crippen LogP contribution in [-0.4, -0.2) is 52.7 Å². The van der Waals surface area contributed by atoms with Crippen LogP contribution in [0.2, 0.25) is 10.0 Å². The molecule has 11 heteroatoms. The molecule has 0 aromatic heterocycles. The van der Waals surface area contributed by atoms with Gasteiger partial charge in [-0.3, -0.25) is 19.2 Å². The van der Waals surface area contributed by atoms with Crippen molar-refractivity contribution in [3.63, 3.8) is 0 Å². The molecular formula is C21H25Cl2NO7S. The summed E-state index contributed by atoms with van der Waals surface area (Å²) in [6.45, 7) is 5.63. The number of carbonyl (C=O) groups is 5. The van der Waals surface area contributed by atoms with E-state index in [-0.39, 0.29) is 32.9 Å². The monoisotopic (exact) mass is 505 g/mol. The van der Waals surface area contributed by atoms with Gasteiger partial charge in [-0.05, 0) is 32.9 Å². The third-order valence-corrected chi connectivity index (χ3v) is 5.11. The number of carbonyl (C=O) groups excluding carboxylic acids is 5. The summed E-state index contributed by atoms with van der Waals surface area (Å²) in [6.07, 6.45) is -0.497. The van der Waals surface area contributed by atoms with E-state index < -0.39 is 48.3 Å². The Morgan fingerprint density at radius 2 is 1.69 bits per heavy atom. The van der Waals surface area contributed by atoms with Gasteiger partial charge in [0.2, 0.25) is 5.91 Å². The van der Waals surface area contributed by atoms with Crippen LogP contribution >= 0.6 is 35.0 Å². The fourth-order valence-corrected chi connectivity index (χ4v) is 3.48. The van der Waals surface area contributed by atoms with Crippen molar-refractivity contribution in [2.24, 2.45) is 0 Å². The molecule has 0 aliphatic carbocycles. The minimum absolute atomic E-state index is 0.0443. The SMILES string of the molecule is CC(=O)SCCC(=O)N[C@@H](CC(=O)OC(C)(C)C)C(=O)COC(=O)c1c(Cl)cccc1Cl. The second kappa shape index (κ2) is 12.8. The van der Waals surface area contributed by atoms with E-state index in [2.05, 4.69) is 5.32 Å². The van der Waals surface area contributed by atoms with Crippen molar-refractivity contribution < 1.29 is 33.4 Å². The molecule has 8 nitrogen and oxygen atoms in total. The van der Waals surface area contributed by atoms with Crippen LogP contribution in [0, 0.1) is 0 Å². The summed E-state index contributed by atoms with van der Waals surface area (Å²) in [6, 6.07) is 3.14. The second-order valence-corrected chi connectivity index (χ2v) is 9.73. The summed E-state index contributed by atoms with van der Waals surface area (Å²) in [5.41, 5.74) is -0.891. The zero-order chi connectivity index (χ0) is 24.5. The summed E-state index contributed by atoms with van der Waals surface area (Å²) >= 11 is 12.9. The summed E-state index contributed by atoms with van der Waals surface area (Å²) in [5, 5.41) is 2.39. The van der Waals surface area contributed by atoms with Crippen LogP contribution in [0.15, 0.2) is 18.2 Å². The molecule has 32 heavy (non-hydrogen) atoms. The number of thioether (sulfide) groups is 1. The van der Waals surface area contributed by atoms with Gasteiger partial charge in [-0.25, -0.2) is 4.79 Å². The molecule has 176 valence electrons. The summed E-state index contributed by atoms with van der Waals surface area (Å²) < 4.78 is 10.2. The minimum atomic E-state index is -1.28. The highest BCUT2D eigenvalue weighted by molar-refractivity contribution is 8.13. The van der Waals surface area contributed by atoms with Gasteiger partial charge in [-0.15, -0.1) is 0 Å². The number of ketones is 1. The highest BCUT2D eigenvalue weighted by Crippen LogP contribution is 2.25. The summed E-state index contributed by atoms with van der Waals surface area (Å²) in [7, 11) is 0. The minimum Gasteiger partial charge on any atom is -0.460 e. The maximum absolute atomic E-state index is 12.6. The van der Waals surface area contributed by atoms with Gasteiger partial charge in [0, 0.05) is 19.1 Å². The largest absolute Gasteiger partial charge is 0.460 e. The predicted octanol–water partition coefficient (Wildman–Crippen LogP) is 3.61. The number of rotatable bonds is 10. The van der Waals surface area contributed by atoms with Crippen LogP contribution in [0.4, 0.5) is 0 Å². The smallest absolute Gasteiger partial charge is 0.341 e. The van der Waals surface area contributed by atoms with Crippen molar-refractivity contribution in [1.29, 1.82) is 0 Å². The fourth-order valence-electron chi connectivity index (χ4n) is 2.35. The molecule has 1 aromatic carbocycles. The number of benzene rings is 1. The van der Waals surface area contributed by atoms with E-state index in [0.29, 0.717) is 0 Å². The first kappa shape index (κ1) is 27.9. The third kappa shape index (κ3) is 10.5. The molecular weight excluding hydrogens is 481 g/mol. The average molecular weight is 506 g/mol. The van der Waals surface area contributed by atoms with Crippen LogP contribution < -0.4 is 5.32 Å². The molecule has 0 saturated carbocycles. The van der Waals surface area contributed by atoms with Crippen LogP contribution in [0.3, 0.4) is 0 Å². The molecule has 0 aliphatic heterocycles. The van der Waals surface area contributed by atoms with E-state index in [0.717, 1.165) is 11.8 Å². The van der Waals surface area contributed by atoms with Gasteiger partial charge in [0.15, 0.2) is 17.5 Å². The third-order valence-electron chi connectivity index (χ3n) is 3.66. The zero-order valence-electron chi connectivity index (χ0n) is 18.2. The Bertz CT molecular complexity index is 863. The van der Waals surface area contributed by atoms with Crippen molar-refractivity contribution in [3.8, 4) is 0 Å². The van der Waals surface area contributed by atoms with Crippen molar-refractivity contribution in [1.82, 2.24) is 5.32 Å². The highest BCUT2D eigenvalue weighted by atomic mass is 35.5. The second-order valence-electron chi connectivity index (χ2n) is 7.64. The van der Waals surface area contributed by atoms with E-state index in [1.54, 1.807) is 26.8 Å². The van der Waals surface area contributed by atoms with Crippen molar-refractivity contribution >= 4 is 63.7 Å². The number of esters is 2. The number of nitrogens with one attached hydrogen (secondary N) is 1. The number of halogens is 2. The molecule has 1 amide bonds. The Hall–Kier alpha value is -2.10. The van der Waals surface area contributed by atoms with Gasteiger partial charge in [-0.2, -0.15) is 0 Å². The first-order valence-electron chi connectivity index (χ1n) is 9.58. The molecule has 0 spiro atoms. The maximum Gasteiger partial charge on any atom is 0.341 e. The molecule has 1 aromatic rings. The van der Waals surface area contributed by atoms with Gasteiger partial charge in [0.05, 0.1) is 22.0 Å². The van der Waals surface area contributed by atoms with Crippen LogP contribution in [0.5, 0.6) is 0 Å². The predicted molar refractivity (Wildman–Crippen MR) is 122 cm³/mol. The van der Waals surface area contributed by atoms with E-state index in [4.69, 9.17) is 32.7 Å². The highest BCUT2D eigenvalue weighted by Gasteiger charge is 2.28. The topological polar surface area (TPSA) is 116 Å². The summed E-state index contributed by atoms with van der Waals surface area (Å²) in [5.74, 6) is -2.68. The number of amides is 1. The number of ether oxygens (including phenoxy) is 2. The van der Waals surface area contributed by atoms with E-state index >= 15 is 0 Å². The molecule has 0 fully saturated rings. The lowest BCUT2D eigenvalue weighted by Gasteiger charge is -2.22. The van der Waals surface area contributed by atoms with E-state index in [1.165, 1.54) is 19.1 Å². The van der Waals surface area contributed by atoms with Gasteiger partial charge < -0.3 is 14.8 Å². The molecule has 0 bridgehead atoms. The Kier molecular flexibility index (Phi) is 11.2. The quantitative estimate of drug-likeness (QED) is 0.479. The van der Waals surface area contributed by atoms with Crippen molar-refractivity contribution in [2.45, 2.75) is 52.2 Å².